The van der Waals surface area contributed by atoms with Crippen LogP contribution in [0.5, 0.6) is 0 Å². The molecule has 1 fully saturated rings. The molecule has 0 aliphatic carbocycles. The van der Waals surface area contributed by atoms with Crippen LogP contribution in [0.15, 0.2) is 0 Å². The van der Waals surface area contributed by atoms with Gasteiger partial charge in [-0.1, -0.05) is 13.8 Å². The van der Waals surface area contributed by atoms with Gasteiger partial charge in [0.05, 0.1) is 5.88 Å². The number of carbonyl (C=O) groups is 2. The van der Waals surface area contributed by atoms with Crippen molar-refractivity contribution in [3.05, 3.63) is 0 Å². The molecule has 1 aliphatic heterocycles. The molecule has 5 nitrogen and oxygen atoms in total. The molecule has 17 heavy (non-hydrogen) atoms. The van der Waals surface area contributed by atoms with E-state index in [0.29, 0.717) is 24.1 Å². The third-order valence-corrected chi connectivity index (χ3v) is 3.62. The molecule has 1 heterocycles. The largest absolute Gasteiger partial charge is 0.480 e. The SMILES string of the molecule is CC(C)NCCCC(=O)N1CSC[C@H]1C(=O)O. The summed E-state index contributed by atoms with van der Waals surface area (Å²) >= 11 is 1.50. The predicted molar refractivity (Wildman–Crippen MR) is 68.0 cm³/mol. The number of nitrogens with one attached hydrogen (secondary N) is 1. The van der Waals surface area contributed by atoms with Gasteiger partial charge >= 0.3 is 5.97 Å². The lowest BCUT2D eigenvalue weighted by molar-refractivity contribution is -0.147. The zero-order valence-corrected chi connectivity index (χ0v) is 11.1. The Balaban J connectivity index is 2.29. The molecule has 6 heteroatoms. The summed E-state index contributed by atoms with van der Waals surface area (Å²) in [5.74, 6) is 0.0650. The van der Waals surface area contributed by atoms with Gasteiger partial charge < -0.3 is 15.3 Å². The number of aliphatic carboxylic acids is 1. The minimum absolute atomic E-state index is 0.0482. The van der Waals surface area contributed by atoms with E-state index in [-0.39, 0.29) is 5.91 Å². The van der Waals surface area contributed by atoms with Gasteiger partial charge in [-0.15, -0.1) is 11.8 Å². The zero-order chi connectivity index (χ0) is 12.8. The maximum Gasteiger partial charge on any atom is 0.327 e. The van der Waals surface area contributed by atoms with Gasteiger partial charge in [-0.25, -0.2) is 4.79 Å². The van der Waals surface area contributed by atoms with Crippen molar-refractivity contribution in [1.82, 2.24) is 10.2 Å². The summed E-state index contributed by atoms with van der Waals surface area (Å²) < 4.78 is 0. The van der Waals surface area contributed by atoms with Gasteiger partial charge in [0, 0.05) is 18.2 Å². The highest BCUT2D eigenvalue weighted by molar-refractivity contribution is 7.99. The molecule has 1 atom stereocenters. The number of thioether (sulfide) groups is 1. The number of carbonyl (C=O) groups excluding carboxylic acids is 1. The summed E-state index contributed by atoms with van der Waals surface area (Å²) in [6.07, 6.45) is 1.18. The molecule has 0 bridgehead atoms. The van der Waals surface area contributed by atoms with E-state index in [2.05, 4.69) is 19.2 Å². The van der Waals surface area contributed by atoms with E-state index in [1.807, 2.05) is 0 Å². The number of amides is 1. The first-order valence-electron chi connectivity index (χ1n) is 5.85. The Bertz CT molecular complexity index is 284. The van der Waals surface area contributed by atoms with Crippen LogP contribution in [0.2, 0.25) is 0 Å². The molecule has 0 aromatic heterocycles. The van der Waals surface area contributed by atoms with Crippen molar-refractivity contribution in [3.8, 4) is 0 Å². The molecule has 0 aromatic rings. The highest BCUT2D eigenvalue weighted by Crippen LogP contribution is 2.22. The molecule has 1 aliphatic rings. The lowest BCUT2D eigenvalue weighted by atomic mass is 10.2. The summed E-state index contributed by atoms with van der Waals surface area (Å²) in [4.78, 5) is 24.2. The van der Waals surface area contributed by atoms with Crippen molar-refractivity contribution < 1.29 is 14.7 Å². The minimum Gasteiger partial charge on any atom is -0.480 e. The fourth-order valence-corrected chi connectivity index (χ4v) is 2.84. The number of hydrogen-bond acceptors (Lipinski definition) is 4. The Hall–Kier alpha value is -0.750. The van der Waals surface area contributed by atoms with E-state index in [9.17, 15) is 9.59 Å². The van der Waals surface area contributed by atoms with Crippen LogP contribution in [-0.4, -0.2) is 52.1 Å². The molecule has 1 rings (SSSR count). The summed E-state index contributed by atoms with van der Waals surface area (Å²) in [6, 6.07) is -0.218. The highest BCUT2D eigenvalue weighted by atomic mass is 32.2. The fraction of sp³-hybridized carbons (Fsp3) is 0.818. The Morgan fingerprint density at radius 1 is 1.53 bits per heavy atom. The van der Waals surface area contributed by atoms with Gasteiger partial charge in [0.15, 0.2) is 0 Å². The van der Waals surface area contributed by atoms with E-state index in [4.69, 9.17) is 5.11 Å². The topological polar surface area (TPSA) is 69.6 Å². The predicted octanol–water partition coefficient (Wildman–Crippen LogP) is 0.751. The Morgan fingerprint density at radius 3 is 2.82 bits per heavy atom. The molecule has 0 spiro atoms. The maximum absolute atomic E-state index is 11.8. The lowest BCUT2D eigenvalue weighted by Crippen LogP contribution is -2.41. The zero-order valence-electron chi connectivity index (χ0n) is 10.3. The quantitative estimate of drug-likeness (QED) is 0.690. The van der Waals surface area contributed by atoms with Crippen LogP contribution in [0.3, 0.4) is 0 Å². The van der Waals surface area contributed by atoms with Crippen LogP contribution >= 0.6 is 11.8 Å². The average molecular weight is 260 g/mol. The number of nitrogens with zero attached hydrogens (tertiary/aromatic N) is 1. The van der Waals surface area contributed by atoms with Gasteiger partial charge in [0.2, 0.25) is 5.91 Å². The lowest BCUT2D eigenvalue weighted by Gasteiger charge is -2.20. The van der Waals surface area contributed by atoms with Gasteiger partial charge in [0.25, 0.3) is 0 Å². The van der Waals surface area contributed by atoms with Crippen LogP contribution in [-0.2, 0) is 9.59 Å². The van der Waals surface area contributed by atoms with Crippen LogP contribution in [0, 0.1) is 0 Å². The molecule has 0 unspecified atom stereocenters. The second-order valence-electron chi connectivity index (χ2n) is 4.43. The van der Waals surface area contributed by atoms with Crippen molar-refractivity contribution in [2.75, 3.05) is 18.2 Å². The Kier molecular flexibility index (Phi) is 5.77. The van der Waals surface area contributed by atoms with E-state index in [1.54, 1.807) is 0 Å². The van der Waals surface area contributed by atoms with Gasteiger partial charge in [-0.05, 0) is 13.0 Å². The summed E-state index contributed by atoms with van der Waals surface area (Å²) in [5.41, 5.74) is 0. The van der Waals surface area contributed by atoms with E-state index < -0.39 is 12.0 Å². The van der Waals surface area contributed by atoms with Crippen LogP contribution < -0.4 is 5.32 Å². The molecule has 0 radical (unpaired) electrons. The highest BCUT2D eigenvalue weighted by Gasteiger charge is 2.33. The first-order valence-corrected chi connectivity index (χ1v) is 7.01. The minimum atomic E-state index is -0.899. The molecular weight excluding hydrogens is 240 g/mol. The summed E-state index contributed by atoms with van der Waals surface area (Å²) in [6.45, 7) is 4.90. The molecule has 98 valence electrons. The van der Waals surface area contributed by atoms with Crippen molar-refractivity contribution in [2.24, 2.45) is 0 Å². The Labute approximate surface area is 106 Å². The number of carboxylic acids is 1. The second kappa shape index (κ2) is 6.86. The average Bonchev–Trinajstić information content (AvgIpc) is 2.72. The summed E-state index contributed by atoms with van der Waals surface area (Å²) in [5, 5.41) is 12.2. The normalized spacial score (nSPS) is 19.9. The number of hydrogen-bond donors (Lipinski definition) is 2. The van der Waals surface area contributed by atoms with Crippen LogP contribution in [0.1, 0.15) is 26.7 Å². The van der Waals surface area contributed by atoms with Crippen molar-refractivity contribution in [2.45, 2.75) is 38.8 Å². The van der Waals surface area contributed by atoms with E-state index in [0.717, 1.165) is 13.0 Å². The second-order valence-corrected chi connectivity index (χ2v) is 5.43. The maximum atomic E-state index is 11.8. The Morgan fingerprint density at radius 2 is 2.24 bits per heavy atom. The molecule has 0 saturated carbocycles. The van der Waals surface area contributed by atoms with Crippen LogP contribution in [0.25, 0.3) is 0 Å². The van der Waals surface area contributed by atoms with E-state index in [1.165, 1.54) is 16.7 Å². The molecule has 1 amide bonds. The number of rotatable bonds is 6. The molecule has 1 saturated heterocycles. The van der Waals surface area contributed by atoms with Crippen molar-refractivity contribution in [1.29, 1.82) is 0 Å². The van der Waals surface area contributed by atoms with Crippen LogP contribution in [0.4, 0.5) is 0 Å². The standard InChI is InChI=1S/C11H20N2O3S/c1-8(2)12-5-3-4-10(14)13-7-17-6-9(13)11(15)16/h8-9,12H,3-7H2,1-2H3,(H,15,16)/t9-/m0/s1. The third kappa shape index (κ3) is 4.55. The molecule has 0 aromatic carbocycles. The summed E-state index contributed by atoms with van der Waals surface area (Å²) in [7, 11) is 0. The van der Waals surface area contributed by atoms with Crippen molar-refractivity contribution in [3.63, 3.8) is 0 Å². The first kappa shape index (κ1) is 14.3. The van der Waals surface area contributed by atoms with Gasteiger partial charge in [-0.2, -0.15) is 0 Å². The smallest absolute Gasteiger partial charge is 0.327 e. The number of carboxylic acid groups (broad SMARTS) is 1. The van der Waals surface area contributed by atoms with E-state index >= 15 is 0 Å². The van der Waals surface area contributed by atoms with Gasteiger partial charge in [0.1, 0.15) is 6.04 Å². The third-order valence-electron chi connectivity index (χ3n) is 2.61. The fourth-order valence-electron chi connectivity index (χ4n) is 1.67. The molecule has 2 N–H and O–H groups in total. The molecular formula is C11H20N2O3S. The monoisotopic (exact) mass is 260 g/mol. The van der Waals surface area contributed by atoms with Gasteiger partial charge in [-0.3, -0.25) is 4.79 Å². The van der Waals surface area contributed by atoms with Crippen molar-refractivity contribution >= 4 is 23.6 Å². The first-order chi connectivity index (χ1) is 8.02.